The van der Waals surface area contributed by atoms with Gasteiger partial charge in [-0.3, -0.25) is 9.59 Å². The Morgan fingerprint density at radius 2 is 1.52 bits per heavy atom. The second-order valence-corrected chi connectivity index (χ2v) is 11.0. The molecule has 0 saturated carbocycles. The van der Waals surface area contributed by atoms with E-state index in [9.17, 15) is 29.4 Å². The Morgan fingerprint density at radius 1 is 0.848 bits per heavy atom. The molecule has 0 radical (unpaired) electrons. The van der Waals surface area contributed by atoms with Gasteiger partial charge in [-0.15, -0.1) is 0 Å². The predicted octanol–water partition coefficient (Wildman–Crippen LogP) is 5.62. The Labute approximate surface area is 266 Å². The Balaban J connectivity index is 0.000000210. The van der Waals surface area contributed by atoms with Gasteiger partial charge >= 0.3 is 11.9 Å². The molecule has 4 aromatic rings. The smallest absolute Gasteiger partial charge is 0.345 e. The average Bonchev–Trinajstić information content (AvgIpc) is 3.04. The van der Waals surface area contributed by atoms with Crippen LogP contribution in [0.3, 0.4) is 0 Å². The highest BCUT2D eigenvalue weighted by atomic mass is 16.5. The summed E-state index contributed by atoms with van der Waals surface area (Å²) in [5.41, 5.74) is 3.80. The van der Waals surface area contributed by atoms with E-state index in [0.29, 0.717) is 35.4 Å². The van der Waals surface area contributed by atoms with Crippen LogP contribution in [-0.2, 0) is 12.8 Å². The fourth-order valence-electron chi connectivity index (χ4n) is 5.79. The number of carboxylic acid groups (broad SMARTS) is 2. The third-order valence-corrected chi connectivity index (χ3v) is 8.16. The van der Waals surface area contributed by atoms with E-state index in [1.54, 1.807) is 32.2 Å². The second-order valence-electron chi connectivity index (χ2n) is 11.0. The number of nitrogens with zero attached hydrogens (tertiary/aromatic N) is 1. The number of anilines is 1. The zero-order valence-electron chi connectivity index (χ0n) is 26.4. The molecule has 5 rings (SSSR count). The Morgan fingerprint density at radius 3 is 2.11 bits per heavy atom. The lowest BCUT2D eigenvalue weighted by Gasteiger charge is -2.31. The van der Waals surface area contributed by atoms with Crippen molar-refractivity contribution in [3.63, 3.8) is 0 Å². The summed E-state index contributed by atoms with van der Waals surface area (Å²) < 4.78 is 5.14. The number of benzene rings is 2. The molecule has 0 atom stereocenters. The molecule has 1 aliphatic rings. The van der Waals surface area contributed by atoms with Crippen molar-refractivity contribution in [3.05, 3.63) is 97.1 Å². The first kappa shape index (κ1) is 33.6. The number of methoxy groups -OCH3 is 1. The molecule has 0 amide bonds. The lowest BCUT2D eigenvalue weighted by molar-refractivity contribution is 0.0682. The largest absolute Gasteiger partial charge is 0.506 e. The van der Waals surface area contributed by atoms with Gasteiger partial charge in [0, 0.05) is 35.5 Å². The molecule has 0 bridgehead atoms. The second kappa shape index (κ2) is 14.6. The molecule has 2 aromatic carbocycles. The Kier molecular flexibility index (Phi) is 10.7. The highest BCUT2D eigenvalue weighted by Gasteiger charge is 2.23. The lowest BCUT2D eigenvalue weighted by atomic mass is 9.97. The van der Waals surface area contributed by atoms with Gasteiger partial charge in [-0.1, -0.05) is 32.0 Å². The standard InChI is InChI=1S/C19H22N2O3.C16H17NO5/c1-2-13-12-15(19(23)24)18(22)20-17(13)14-8-4-5-9-16(14)21-10-6-3-7-11-21;1-4-10-13(11-6-5-9(22-3)7-8(11)2)17-15(19)12(14(10)18)16(20)21/h4-5,8-9,12H,2-3,6-7,10-11H2,1H3,(H,20,22)(H,23,24);5-7H,4H2,1-3H3,(H,20,21)(H2,17,18,19). The average molecular weight is 630 g/mol. The van der Waals surface area contributed by atoms with Gasteiger partial charge < -0.3 is 34.9 Å². The molecule has 1 fully saturated rings. The summed E-state index contributed by atoms with van der Waals surface area (Å²) in [7, 11) is 1.56. The third-order valence-electron chi connectivity index (χ3n) is 8.16. The normalized spacial score (nSPS) is 12.7. The number of aromatic hydroxyl groups is 1. The minimum Gasteiger partial charge on any atom is -0.506 e. The van der Waals surface area contributed by atoms with Crippen LogP contribution in [0.4, 0.5) is 5.69 Å². The van der Waals surface area contributed by atoms with E-state index in [-0.39, 0.29) is 5.56 Å². The first-order valence-electron chi connectivity index (χ1n) is 15.2. The van der Waals surface area contributed by atoms with E-state index in [4.69, 9.17) is 9.84 Å². The van der Waals surface area contributed by atoms with Crippen LogP contribution < -0.4 is 20.8 Å². The van der Waals surface area contributed by atoms with E-state index in [1.165, 1.54) is 25.3 Å². The first-order valence-corrected chi connectivity index (χ1v) is 15.2. The molecule has 46 heavy (non-hydrogen) atoms. The number of aromatic amines is 2. The van der Waals surface area contributed by atoms with Crippen molar-refractivity contribution in [2.45, 2.75) is 52.9 Å². The number of hydrogen-bond donors (Lipinski definition) is 5. The van der Waals surface area contributed by atoms with E-state index < -0.39 is 34.4 Å². The maximum Gasteiger partial charge on any atom is 0.345 e. The molecule has 0 spiro atoms. The minimum absolute atomic E-state index is 0.203. The predicted molar refractivity (Wildman–Crippen MR) is 177 cm³/mol. The number of aromatic carboxylic acids is 2. The van der Waals surface area contributed by atoms with Crippen molar-refractivity contribution in [1.82, 2.24) is 9.97 Å². The molecule has 0 aliphatic carbocycles. The van der Waals surface area contributed by atoms with Gasteiger partial charge in [0.05, 0.1) is 18.5 Å². The summed E-state index contributed by atoms with van der Waals surface area (Å²) in [6.45, 7) is 7.61. The van der Waals surface area contributed by atoms with Gasteiger partial charge in [0.2, 0.25) is 0 Å². The molecule has 11 heteroatoms. The molecule has 242 valence electrons. The van der Waals surface area contributed by atoms with Crippen molar-refractivity contribution in [1.29, 1.82) is 0 Å². The van der Waals surface area contributed by atoms with Gasteiger partial charge in [0.25, 0.3) is 11.1 Å². The van der Waals surface area contributed by atoms with Crippen LogP contribution in [0.1, 0.15) is 70.5 Å². The van der Waals surface area contributed by atoms with Crippen LogP contribution >= 0.6 is 0 Å². The maximum atomic E-state index is 12.2. The molecule has 0 unspecified atom stereocenters. The van der Waals surface area contributed by atoms with Gasteiger partial charge in [-0.05, 0) is 80.5 Å². The van der Waals surface area contributed by atoms with E-state index in [2.05, 4.69) is 20.9 Å². The van der Waals surface area contributed by atoms with E-state index in [1.807, 2.05) is 32.0 Å². The zero-order valence-corrected chi connectivity index (χ0v) is 26.4. The van der Waals surface area contributed by atoms with Crippen molar-refractivity contribution in [3.8, 4) is 34.0 Å². The Bertz CT molecular complexity index is 1870. The lowest BCUT2D eigenvalue weighted by Crippen LogP contribution is -2.30. The van der Waals surface area contributed by atoms with Crippen molar-refractivity contribution < 1.29 is 29.6 Å². The molecular formula is C35H39N3O8. The highest BCUT2D eigenvalue weighted by molar-refractivity contribution is 5.92. The summed E-state index contributed by atoms with van der Waals surface area (Å²) in [4.78, 5) is 54.2. The summed E-state index contributed by atoms with van der Waals surface area (Å²) in [5, 5.41) is 28.4. The Hall–Kier alpha value is -5.32. The number of piperidine rings is 1. The number of nitrogens with one attached hydrogen (secondary N) is 2. The summed E-state index contributed by atoms with van der Waals surface area (Å²) in [6.07, 6.45) is 4.63. The quantitative estimate of drug-likeness (QED) is 0.166. The van der Waals surface area contributed by atoms with E-state index in [0.717, 1.165) is 41.2 Å². The number of ether oxygens (including phenoxy) is 1. The number of hydrogen-bond acceptors (Lipinski definition) is 7. The number of para-hydroxylation sites is 1. The van der Waals surface area contributed by atoms with Crippen LogP contribution in [0, 0.1) is 6.92 Å². The minimum atomic E-state index is -1.45. The van der Waals surface area contributed by atoms with Gasteiger partial charge in [0.1, 0.15) is 17.1 Å². The van der Waals surface area contributed by atoms with Crippen LogP contribution in [0.5, 0.6) is 11.5 Å². The summed E-state index contributed by atoms with van der Waals surface area (Å²) in [6, 6.07) is 14.8. The summed E-state index contributed by atoms with van der Waals surface area (Å²) in [5.74, 6) is -2.45. The van der Waals surface area contributed by atoms with Crippen molar-refractivity contribution in [2.24, 2.45) is 0 Å². The first-order chi connectivity index (χ1) is 22.0. The van der Waals surface area contributed by atoms with Gasteiger partial charge in [-0.25, -0.2) is 9.59 Å². The zero-order chi connectivity index (χ0) is 33.5. The van der Waals surface area contributed by atoms with Gasteiger partial charge in [0.15, 0.2) is 5.56 Å². The number of pyridine rings is 2. The van der Waals surface area contributed by atoms with Crippen LogP contribution in [0.2, 0.25) is 0 Å². The molecule has 1 saturated heterocycles. The highest BCUT2D eigenvalue weighted by Crippen LogP contribution is 2.34. The fourth-order valence-corrected chi connectivity index (χ4v) is 5.79. The molecule has 3 heterocycles. The number of rotatable bonds is 8. The third kappa shape index (κ3) is 6.98. The molecule has 1 aliphatic heterocycles. The van der Waals surface area contributed by atoms with Crippen molar-refractivity contribution in [2.75, 3.05) is 25.1 Å². The molecule has 5 N–H and O–H groups in total. The van der Waals surface area contributed by atoms with Gasteiger partial charge in [-0.2, -0.15) is 0 Å². The van der Waals surface area contributed by atoms with E-state index >= 15 is 0 Å². The number of carbonyl (C=O) groups is 2. The van der Waals surface area contributed by atoms with Crippen LogP contribution in [0.15, 0.2) is 58.1 Å². The topological polar surface area (TPSA) is 173 Å². The molecule has 11 nitrogen and oxygen atoms in total. The summed E-state index contributed by atoms with van der Waals surface area (Å²) >= 11 is 0. The molecule has 2 aromatic heterocycles. The number of aromatic nitrogens is 2. The molecular weight excluding hydrogens is 590 g/mol. The number of aryl methyl sites for hydroxylation is 2. The fraction of sp³-hybridized carbons (Fsp3) is 0.314. The van der Waals surface area contributed by atoms with Crippen molar-refractivity contribution >= 4 is 17.6 Å². The monoisotopic (exact) mass is 629 g/mol. The van der Waals surface area contributed by atoms with Crippen LogP contribution in [0.25, 0.3) is 22.5 Å². The number of carboxylic acids is 2. The number of H-pyrrole nitrogens is 2. The SMILES string of the molecule is CCc1c(-c2ccc(OC)cc2C)[nH]c(=O)c(C(=O)O)c1O.CCc1cc(C(=O)O)c(=O)[nH]c1-c1ccccc1N1CCCCC1. The van der Waals surface area contributed by atoms with Crippen LogP contribution in [-0.4, -0.2) is 57.4 Å². The maximum absolute atomic E-state index is 12.2.